The number of primary amides is 1. The minimum Gasteiger partial charge on any atom is -0.370 e. The molecule has 0 atom stereocenters. The fourth-order valence-electron chi connectivity index (χ4n) is 2.35. The van der Waals surface area contributed by atoms with Crippen LogP contribution in [0.5, 0.6) is 0 Å². The Morgan fingerprint density at radius 1 is 1.35 bits per heavy atom. The van der Waals surface area contributed by atoms with Gasteiger partial charge in [-0.25, -0.2) is 13.9 Å². The average Bonchev–Trinajstić information content (AvgIpc) is 2.75. The second kappa shape index (κ2) is 4.48. The van der Waals surface area contributed by atoms with E-state index in [1.807, 2.05) is 37.3 Å². The first kappa shape index (κ1) is 12.4. The van der Waals surface area contributed by atoms with Crippen molar-refractivity contribution in [2.45, 2.75) is 19.9 Å². The summed E-state index contributed by atoms with van der Waals surface area (Å²) in [6, 6.07) is 9.63. The van der Waals surface area contributed by atoms with Crippen LogP contribution in [0, 0.1) is 6.92 Å². The number of aromatic nitrogens is 3. The number of para-hydroxylation sites is 1. The molecule has 0 fully saturated rings. The molecular weight excluding hydrogens is 256 g/mol. The third kappa shape index (κ3) is 1.85. The summed E-state index contributed by atoms with van der Waals surface area (Å²) in [6.45, 7) is 2.11. The number of rotatable bonds is 3. The molecule has 0 unspecified atom stereocenters. The molecule has 2 N–H and O–H groups in total. The van der Waals surface area contributed by atoms with Crippen molar-refractivity contribution in [3.05, 3.63) is 46.4 Å². The number of nitrogens with two attached hydrogens (primary N) is 1. The van der Waals surface area contributed by atoms with Crippen LogP contribution in [-0.2, 0) is 11.3 Å². The molecular formula is C14H14N4O2. The minimum absolute atomic E-state index is 0.0980. The quantitative estimate of drug-likeness (QED) is 0.765. The van der Waals surface area contributed by atoms with Crippen LogP contribution in [0.25, 0.3) is 16.6 Å². The summed E-state index contributed by atoms with van der Waals surface area (Å²) in [5, 5.41) is 5.27. The minimum atomic E-state index is -0.449. The fraction of sp³-hybridized carbons (Fsp3) is 0.214. The van der Waals surface area contributed by atoms with Gasteiger partial charge >= 0.3 is 5.69 Å². The van der Waals surface area contributed by atoms with Gasteiger partial charge in [-0.05, 0) is 30.0 Å². The molecule has 2 aromatic heterocycles. The van der Waals surface area contributed by atoms with Crippen LogP contribution >= 0.6 is 0 Å². The van der Waals surface area contributed by atoms with Gasteiger partial charge in [-0.15, -0.1) is 5.10 Å². The van der Waals surface area contributed by atoms with E-state index in [0.717, 1.165) is 16.5 Å². The monoisotopic (exact) mass is 270 g/mol. The topological polar surface area (TPSA) is 82.4 Å². The van der Waals surface area contributed by atoms with Crippen molar-refractivity contribution in [1.82, 2.24) is 14.2 Å². The van der Waals surface area contributed by atoms with Gasteiger partial charge in [0.1, 0.15) is 0 Å². The van der Waals surface area contributed by atoms with Gasteiger partial charge in [-0.2, -0.15) is 0 Å². The first-order chi connectivity index (χ1) is 9.58. The molecule has 2 heterocycles. The van der Waals surface area contributed by atoms with E-state index in [1.54, 1.807) is 4.40 Å². The normalized spacial score (nSPS) is 11.2. The van der Waals surface area contributed by atoms with Gasteiger partial charge in [0.25, 0.3) is 0 Å². The van der Waals surface area contributed by atoms with Gasteiger partial charge < -0.3 is 5.73 Å². The van der Waals surface area contributed by atoms with Crippen LogP contribution in [0.1, 0.15) is 12.0 Å². The zero-order valence-electron chi connectivity index (χ0n) is 11.0. The van der Waals surface area contributed by atoms with E-state index in [0.29, 0.717) is 5.65 Å². The number of pyridine rings is 1. The second-order valence-electron chi connectivity index (χ2n) is 4.77. The van der Waals surface area contributed by atoms with Gasteiger partial charge in [-0.1, -0.05) is 18.2 Å². The molecule has 1 aromatic carbocycles. The molecule has 6 nitrogen and oxygen atoms in total. The molecule has 0 aliphatic rings. The number of carbonyl (C=O) groups excluding carboxylic acids is 1. The van der Waals surface area contributed by atoms with Gasteiger partial charge in [0.05, 0.1) is 12.1 Å². The number of hydrogen-bond donors (Lipinski definition) is 1. The highest BCUT2D eigenvalue weighted by atomic mass is 16.2. The second-order valence-corrected chi connectivity index (χ2v) is 4.77. The van der Waals surface area contributed by atoms with E-state index in [4.69, 9.17) is 5.73 Å². The van der Waals surface area contributed by atoms with Crippen LogP contribution < -0.4 is 11.4 Å². The predicted molar refractivity (Wildman–Crippen MR) is 75.5 cm³/mol. The zero-order chi connectivity index (χ0) is 14.3. The number of aryl methyl sites for hydroxylation is 2. The average molecular weight is 270 g/mol. The maximum atomic E-state index is 12.4. The van der Waals surface area contributed by atoms with E-state index in [1.165, 1.54) is 4.68 Å². The molecule has 0 saturated carbocycles. The number of benzene rings is 1. The summed E-state index contributed by atoms with van der Waals surface area (Å²) >= 11 is 0. The molecule has 0 aliphatic heterocycles. The van der Waals surface area contributed by atoms with Crippen molar-refractivity contribution >= 4 is 22.5 Å². The lowest BCUT2D eigenvalue weighted by molar-refractivity contribution is -0.118. The van der Waals surface area contributed by atoms with Crippen LogP contribution in [0.15, 0.2) is 35.1 Å². The molecule has 0 radical (unpaired) electrons. The predicted octanol–water partition coefficient (Wildman–Crippen LogP) is 0.833. The van der Waals surface area contributed by atoms with Crippen LogP contribution in [-0.4, -0.2) is 20.1 Å². The Bertz CT molecular complexity index is 876. The summed E-state index contributed by atoms with van der Waals surface area (Å²) in [5.41, 5.74) is 7.20. The Morgan fingerprint density at radius 3 is 2.85 bits per heavy atom. The lowest BCUT2D eigenvalue weighted by atomic mass is 10.1. The van der Waals surface area contributed by atoms with Crippen molar-refractivity contribution < 1.29 is 4.79 Å². The summed E-state index contributed by atoms with van der Waals surface area (Å²) in [4.78, 5) is 23.3. The largest absolute Gasteiger partial charge is 0.370 e. The Morgan fingerprint density at radius 2 is 2.10 bits per heavy atom. The van der Waals surface area contributed by atoms with E-state index in [2.05, 4.69) is 5.10 Å². The molecule has 0 saturated heterocycles. The molecule has 3 aromatic rings. The van der Waals surface area contributed by atoms with Crippen molar-refractivity contribution in [3.63, 3.8) is 0 Å². The van der Waals surface area contributed by atoms with Crippen molar-refractivity contribution in [1.29, 1.82) is 0 Å². The molecule has 6 heteroatoms. The standard InChI is InChI=1S/C14H14N4O2/c1-9-8-10-4-2-3-5-11(10)18-13(9)16-17(14(18)20)7-6-12(15)19/h2-5,8H,6-7H2,1H3,(H2,15,19). The summed E-state index contributed by atoms with van der Waals surface area (Å²) in [7, 11) is 0. The smallest absolute Gasteiger partial charge is 0.350 e. The first-order valence-corrected chi connectivity index (χ1v) is 6.34. The van der Waals surface area contributed by atoms with Crippen molar-refractivity contribution in [3.8, 4) is 0 Å². The zero-order valence-corrected chi connectivity index (χ0v) is 11.0. The Hall–Kier alpha value is -2.63. The third-order valence-electron chi connectivity index (χ3n) is 3.31. The highest BCUT2D eigenvalue weighted by Crippen LogP contribution is 2.17. The number of hydrogen-bond acceptors (Lipinski definition) is 3. The molecule has 102 valence electrons. The molecule has 0 bridgehead atoms. The number of amides is 1. The Labute approximate surface area is 114 Å². The van der Waals surface area contributed by atoms with E-state index < -0.39 is 5.91 Å². The van der Waals surface area contributed by atoms with Crippen LogP contribution in [0.2, 0.25) is 0 Å². The maximum Gasteiger partial charge on any atom is 0.350 e. The Kier molecular flexibility index (Phi) is 2.78. The van der Waals surface area contributed by atoms with E-state index in [9.17, 15) is 9.59 Å². The van der Waals surface area contributed by atoms with Gasteiger partial charge in [0, 0.05) is 6.42 Å². The van der Waals surface area contributed by atoms with Crippen LogP contribution in [0.3, 0.4) is 0 Å². The highest BCUT2D eigenvalue weighted by molar-refractivity contribution is 5.83. The van der Waals surface area contributed by atoms with Gasteiger partial charge in [0.15, 0.2) is 5.65 Å². The lowest BCUT2D eigenvalue weighted by Gasteiger charge is -2.02. The van der Waals surface area contributed by atoms with Gasteiger partial charge in [0.2, 0.25) is 5.91 Å². The maximum absolute atomic E-state index is 12.4. The molecule has 0 aliphatic carbocycles. The summed E-state index contributed by atoms with van der Waals surface area (Å²) in [5.74, 6) is -0.449. The molecule has 1 amide bonds. The Balaban J connectivity index is 2.30. The SMILES string of the molecule is Cc1cc2ccccc2n2c(=O)n(CCC(N)=O)nc12. The fourth-order valence-corrected chi connectivity index (χ4v) is 2.35. The first-order valence-electron chi connectivity index (χ1n) is 6.34. The van der Waals surface area contributed by atoms with Crippen molar-refractivity contribution in [2.75, 3.05) is 0 Å². The molecule has 3 rings (SSSR count). The summed E-state index contributed by atoms with van der Waals surface area (Å²) in [6.07, 6.45) is 0.0980. The lowest BCUT2D eigenvalue weighted by Crippen LogP contribution is -2.24. The van der Waals surface area contributed by atoms with Crippen LogP contribution in [0.4, 0.5) is 0 Å². The third-order valence-corrected chi connectivity index (χ3v) is 3.31. The number of nitrogens with zero attached hydrogens (tertiary/aromatic N) is 3. The van der Waals surface area contributed by atoms with E-state index in [-0.39, 0.29) is 18.7 Å². The number of fused-ring (bicyclic) bond motifs is 3. The highest BCUT2D eigenvalue weighted by Gasteiger charge is 2.12. The van der Waals surface area contributed by atoms with Gasteiger partial charge in [-0.3, -0.25) is 4.79 Å². The van der Waals surface area contributed by atoms with Crippen molar-refractivity contribution in [2.24, 2.45) is 5.73 Å². The summed E-state index contributed by atoms with van der Waals surface area (Å²) < 4.78 is 2.87. The molecule has 0 spiro atoms. The number of carbonyl (C=O) groups is 1. The molecule has 20 heavy (non-hydrogen) atoms. The van der Waals surface area contributed by atoms with E-state index >= 15 is 0 Å².